The first-order chi connectivity index (χ1) is 6.64. The van der Waals surface area contributed by atoms with Gasteiger partial charge < -0.3 is 5.11 Å². The predicted octanol–water partition coefficient (Wildman–Crippen LogP) is 1.14. The highest BCUT2D eigenvalue weighted by Crippen LogP contribution is 2.22. The van der Waals surface area contributed by atoms with Crippen molar-refractivity contribution < 1.29 is 13.5 Å². The Morgan fingerprint density at radius 3 is 2.43 bits per heavy atom. The standard InChI is InChI=1S/C10H18O3S/c11-7-3-1-2-4-10-5-8-14(12,13)9-6-10/h1-2,10-11H,3-9H2/b2-1-. The Hall–Kier alpha value is -0.350. The van der Waals surface area contributed by atoms with E-state index in [0.717, 1.165) is 19.3 Å². The Balaban J connectivity index is 2.22. The van der Waals surface area contributed by atoms with Gasteiger partial charge >= 0.3 is 0 Å². The molecule has 3 nitrogen and oxygen atoms in total. The normalized spacial score (nSPS) is 22.9. The molecule has 1 fully saturated rings. The van der Waals surface area contributed by atoms with Gasteiger partial charge in [0, 0.05) is 6.61 Å². The van der Waals surface area contributed by atoms with Crippen molar-refractivity contribution in [1.29, 1.82) is 0 Å². The van der Waals surface area contributed by atoms with Crippen LogP contribution in [0.15, 0.2) is 12.2 Å². The summed E-state index contributed by atoms with van der Waals surface area (Å²) in [4.78, 5) is 0. The van der Waals surface area contributed by atoms with E-state index in [1.165, 1.54) is 0 Å². The number of aliphatic hydroxyl groups is 1. The first kappa shape index (κ1) is 11.7. The van der Waals surface area contributed by atoms with Crippen molar-refractivity contribution in [1.82, 2.24) is 0 Å². The van der Waals surface area contributed by atoms with Gasteiger partial charge in [0.2, 0.25) is 0 Å². The van der Waals surface area contributed by atoms with Gasteiger partial charge in [0.25, 0.3) is 0 Å². The van der Waals surface area contributed by atoms with Crippen molar-refractivity contribution in [3.05, 3.63) is 12.2 Å². The molecule has 1 aliphatic rings. The summed E-state index contributed by atoms with van der Waals surface area (Å²) in [5, 5.41) is 8.54. The zero-order valence-corrected chi connectivity index (χ0v) is 9.17. The van der Waals surface area contributed by atoms with Gasteiger partial charge in [-0.3, -0.25) is 0 Å². The van der Waals surface area contributed by atoms with Crippen molar-refractivity contribution >= 4 is 9.84 Å². The molecule has 0 aromatic heterocycles. The van der Waals surface area contributed by atoms with E-state index in [2.05, 4.69) is 6.08 Å². The van der Waals surface area contributed by atoms with Crippen LogP contribution in [0.2, 0.25) is 0 Å². The molecular formula is C10H18O3S. The average Bonchev–Trinajstić information content (AvgIpc) is 2.15. The summed E-state index contributed by atoms with van der Waals surface area (Å²) in [6, 6.07) is 0. The molecule has 82 valence electrons. The molecule has 0 atom stereocenters. The summed E-state index contributed by atoms with van der Waals surface area (Å²) in [7, 11) is -2.72. The predicted molar refractivity (Wildman–Crippen MR) is 56.8 cm³/mol. The topological polar surface area (TPSA) is 54.4 Å². The molecule has 4 heteroatoms. The van der Waals surface area contributed by atoms with Crippen LogP contribution in [-0.2, 0) is 9.84 Å². The molecule has 0 bridgehead atoms. The van der Waals surface area contributed by atoms with E-state index >= 15 is 0 Å². The molecule has 0 amide bonds. The zero-order valence-electron chi connectivity index (χ0n) is 8.35. The first-order valence-corrected chi connectivity index (χ1v) is 6.92. The highest BCUT2D eigenvalue weighted by Gasteiger charge is 2.22. The zero-order chi connectivity index (χ0) is 10.4. The summed E-state index contributed by atoms with van der Waals surface area (Å²) in [6.45, 7) is 0.190. The van der Waals surface area contributed by atoms with E-state index in [9.17, 15) is 8.42 Å². The molecule has 1 rings (SSSR count). The molecule has 0 radical (unpaired) electrons. The van der Waals surface area contributed by atoms with E-state index in [4.69, 9.17) is 5.11 Å². The molecule has 0 unspecified atom stereocenters. The summed E-state index contributed by atoms with van der Waals surface area (Å²) in [5.74, 6) is 1.23. The maximum Gasteiger partial charge on any atom is 0.150 e. The molecule has 1 saturated heterocycles. The molecule has 0 aromatic rings. The van der Waals surface area contributed by atoms with Gasteiger partial charge in [0.05, 0.1) is 11.5 Å². The number of hydrogen-bond donors (Lipinski definition) is 1. The van der Waals surface area contributed by atoms with Gasteiger partial charge in [-0.15, -0.1) is 0 Å². The van der Waals surface area contributed by atoms with Gasteiger partial charge in [-0.05, 0) is 31.6 Å². The Labute approximate surface area is 85.7 Å². The van der Waals surface area contributed by atoms with E-state index in [1.807, 2.05) is 6.08 Å². The minimum absolute atomic E-state index is 0.190. The van der Waals surface area contributed by atoms with E-state index in [0.29, 0.717) is 23.8 Å². The van der Waals surface area contributed by atoms with Gasteiger partial charge in [0.15, 0.2) is 0 Å². The highest BCUT2D eigenvalue weighted by molar-refractivity contribution is 7.91. The van der Waals surface area contributed by atoms with Crippen molar-refractivity contribution in [3.8, 4) is 0 Å². The Morgan fingerprint density at radius 1 is 1.21 bits per heavy atom. The van der Waals surface area contributed by atoms with Crippen LogP contribution in [0.1, 0.15) is 25.7 Å². The van der Waals surface area contributed by atoms with Crippen LogP contribution < -0.4 is 0 Å². The maximum absolute atomic E-state index is 11.1. The Kier molecular flexibility index (Phi) is 4.62. The van der Waals surface area contributed by atoms with Crippen molar-refractivity contribution in [2.75, 3.05) is 18.1 Å². The lowest BCUT2D eigenvalue weighted by Crippen LogP contribution is -2.22. The summed E-state index contributed by atoms with van der Waals surface area (Å²) >= 11 is 0. The van der Waals surface area contributed by atoms with Crippen LogP contribution in [0, 0.1) is 5.92 Å². The molecule has 14 heavy (non-hydrogen) atoms. The largest absolute Gasteiger partial charge is 0.396 e. The molecule has 0 saturated carbocycles. The molecule has 0 aromatic carbocycles. The average molecular weight is 218 g/mol. The molecular weight excluding hydrogens is 200 g/mol. The molecule has 0 spiro atoms. The smallest absolute Gasteiger partial charge is 0.150 e. The Morgan fingerprint density at radius 2 is 1.86 bits per heavy atom. The lowest BCUT2D eigenvalue weighted by molar-refractivity contribution is 0.302. The third-order valence-corrected chi connectivity index (χ3v) is 4.32. The van der Waals surface area contributed by atoms with Crippen molar-refractivity contribution in [2.24, 2.45) is 5.92 Å². The second-order valence-corrected chi connectivity index (χ2v) is 6.12. The number of sulfone groups is 1. The van der Waals surface area contributed by atoms with Crippen molar-refractivity contribution in [2.45, 2.75) is 25.7 Å². The second-order valence-electron chi connectivity index (χ2n) is 3.81. The molecule has 1 heterocycles. The second kappa shape index (κ2) is 5.51. The highest BCUT2D eigenvalue weighted by atomic mass is 32.2. The van der Waals surface area contributed by atoms with Crippen LogP contribution >= 0.6 is 0 Å². The number of allylic oxidation sites excluding steroid dienone is 1. The minimum Gasteiger partial charge on any atom is -0.396 e. The van der Waals surface area contributed by atoms with E-state index in [-0.39, 0.29) is 6.61 Å². The third-order valence-electron chi connectivity index (χ3n) is 2.61. The van der Waals surface area contributed by atoms with Crippen molar-refractivity contribution in [3.63, 3.8) is 0 Å². The fourth-order valence-electron chi connectivity index (χ4n) is 1.66. The van der Waals surface area contributed by atoms with Crippen LogP contribution in [-0.4, -0.2) is 31.6 Å². The van der Waals surface area contributed by atoms with Gasteiger partial charge in [-0.25, -0.2) is 8.42 Å². The van der Waals surface area contributed by atoms with Crippen LogP contribution in [0.4, 0.5) is 0 Å². The minimum atomic E-state index is -2.72. The number of hydrogen-bond acceptors (Lipinski definition) is 3. The van der Waals surface area contributed by atoms with E-state index < -0.39 is 9.84 Å². The first-order valence-electron chi connectivity index (χ1n) is 5.10. The van der Waals surface area contributed by atoms with Gasteiger partial charge in [0.1, 0.15) is 9.84 Å². The number of rotatable bonds is 4. The number of aliphatic hydroxyl groups excluding tert-OH is 1. The molecule has 0 aliphatic carbocycles. The Bertz CT molecular complexity index is 266. The fraction of sp³-hybridized carbons (Fsp3) is 0.800. The lowest BCUT2D eigenvalue weighted by Gasteiger charge is -2.20. The quantitative estimate of drug-likeness (QED) is 0.720. The molecule has 1 aliphatic heterocycles. The fourth-order valence-corrected chi connectivity index (χ4v) is 3.24. The summed E-state index contributed by atoms with van der Waals surface area (Å²) in [6.07, 6.45) is 7.26. The van der Waals surface area contributed by atoms with E-state index in [1.54, 1.807) is 0 Å². The van der Waals surface area contributed by atoms with Crippen LogP contribution in [0.5, 0.6) is 0 Å². The van der Waals surface area contributed by atoms with Crippen LogP contribution in [0.25, 0.3) is 0 Å². The van der Waals surface area contributed by atoms with Gasteiger partial charge in [-0.2, -0.15) is 0 Å². The maximum atomic E-state index is 11.1. The molecule has 1 N–H and O–H groups in total. The van der Waals surface area contributed by atoms with Gasteiger partial charge in [-0.1, -0.05) is 12.2 Å². The lowest BCUT2D eigenvalue weighted by atomic mass is 9.99. The summed E-state index contributed by atoms with van der Waals surface area (Å²) in [5.41, 5.74) is 0. The van der Waals surface area contributed by atoms with Crippen LogP contribution in [0.3, 0.4) is 0 Å². The third kappa shape index (κ3) is 4.24. The summed E-state index contributed by atoms with van der Waals surface area (Å²) < 4.78 is 22.2. The SMILES string of the molecule is O=S1(=O)CCC(C/C=C\CCO)CC1. The monoisotopic (exact) mass is 218 g/mol.